The van der Waals surface area contributed by atoms with Gasteiger partial charge < -0.3 is 5.32 Å². The number of nitrogens with zero attached hydrogens (tertiary/aromatic N) is 2. The Labute approximate surface area is 161 Å². The molecule has 0 bridgehead atoms. The van der Waals surface area contributed by atoms with Gasteiger partial charge in [0, 0.05) is 41.3 Å². The molecular formula is C22H17F2N3O. The first-order chi connectivity index (χ1) is 13.5. The summed E-state index contributed by atoms with van der Waals surface area (Å²) in [4.78, 5) is 20.5. The van der Waals surface area contributed by atoms with Crippen LogP contribution in [-0.2, 0) is 17.6 Å². The molecule has 0 radical (unpaired) electrons. The molecule has 140 valence electrons. The zero-order valence-electron chi connectivity index (χ0n) is 15.2. The molecule has 6 heteroatoms. The monoisotopic (exact) mass is 377 g/mol. The minimum atomic E-state index is -0.491. The van der Waals surface area contributed by atoms with Crippen LogP contribution in [0.4, 0.5) is 14.5 Å². The zero-order valence-corrected chi connectivity index (χ0v) is 15.2. The maximum atomic E-state index is 14.6. The SMILES string of the molecule is Cc1cc(NC(=O)Cc2ccc(-c3cnc4c(c3)C(F)=CC4)cc2F)ccn1. The van der Waals surface area contributed by atoms with E-state index in [4.69, 9.17) is 0 Å². The van der Waals surface area contributed by atoms with E-state index in [0.717, 1.165) is 5.69 Å². The number of hydrogen-bond acceptors (Lipinski definition) is 3. The summed E-state index contributed by atoms with van der Waals surface area (Å²) in [6, 6.07) is 9.72. The maximum absolute atomic E-state index is 14.6. The van der Waals surface area contributed by atoms with Crippen LogP contribution in [0.3, 0.4) is 0 Å². The molecular weight excluding hydrogens is 360 g/mol. The Morgan fingerprint density at radius 3 is 2.75 bits per heavy atom. The highest BCUT2D eigenvalue weighted by atomic mass is 19.1. The summed E-state index contributed by atoms with van der Waals surface area (Å²) in [7, 11) is 0. The van der Waals surface area contributed by atoms with Gasteiger partial charge in [-0.2, -0.15) is 0 Å². The Hall–Kier alpha value is -3.41. The molecule has 28 heavy (non-hydrogen) atoms. The zero-order chi connectivity index (χ0) is 19.7. The second-order valence-electron chi connectivity index (χ2n) is 6.69. The quantitative estimate of drug-likeness (QED) is 0.721. The lowest BCUT2D eigenvalue weighted by molar-refractivity contribution is -0.115. The lowest BCUT2D eigenvalue weighted by Gasteiger charge is -2.09. The Kier molecular flexibility index (Phi) is 4.69. The first kappa shape index (κ1) is 18.0. The molecule has 0 saturated carbocycles. The van der Waals surface area contributed by atoms with E-state index in [1.807, 2.05) is 6.92 Å². The van der Waals surface area contributed by atoms with Crippen molar-refractivity contribution in [2.24, 2.45) is 0 Å². The van der Waals surface area contributed by atoms with Crippen LogP contribution in [0.15, 0.2) is 54.9 Å². The van der Waals surface area contributed by atoms with Gasteiger partial charge in [0.2, 0.25) is 5.91 Å². The smallest absolute Gasteiger partial charge is 0.228 e. The van der Waals surface area contributed by atoms with Crippen molar-refractivity contribution in [2.45, 2.75) is 19.8 Å². The fraction of sp³-hybridized carbons (Fsp3) is 0.136. The topological polar surface area (TPSA) is 54.9 Å². The lowest BCUT2D eigenvalue weighted by Crippen LogP contribution is -2.15. The fourth-order valence-electron chi connectivity index (χ4n) is 3.19. The molecule has 1 aromatic carbocycles. The summed E-state index contributed by atoms with van der Waals surface area (Å²) >= 11 is 0. The van der Waals surface area contributed by atoms with Crippen molar-refractivity contribution in [3.63, 3.8) is 0 Å². The number of allylic oxidation sites excluding steroid dienone is 1. The molecule has 0 atom stereocenters. The van der Waals surface area contributed by atoms with Crippen molar-refractivity contribution in [1.29, 1.82) is 0 Å². The molecule has 1 aliphatic carbocycles. The van der Waals surface area contributed by atoms with E-state index < -0.39 is 5.82 Å². The highest BCUT2D eigenvalue weighted by molar-refractivity contribution is 5.92. The van der Waals surface area contributed by atoms with Gasteiger partial charge in [-0.3, -0.25) is 14.8 Å². The molecule has 0 unspecified atom stereocenters. The third-order valence-electron chi connectivity index (χ3n) is 4.62. The van der Waals surface area contributed by atoms with E-state index in [0.29, 0.717) is 34.5 Å². The molecule has 1 amide bonds. The molecule has 2 heterocycles. The Morgan fingerprint density at radius 1 is 1.11 bits per heavy atom. The van der Waals surface area contributed by atoms with Gasteiger partial charge in [0.25, 0.3) is 0 Å². The molecule has 0 fully saturated rings. The second kappa shape index (κ2) is 7.31. The van der Waals surface area contributed by atoms with Crippen LogP contribution in [0.5, 0.6) is 0 Å². The summed E-state index contributed by atoms with van der Waals surface area (Å²) in [5.41, 5.74) is 4.03. The van der Waals surface area contributed by atoms with Crippen molar-refractivity contribution in [3.8, 4) is 11.1 Å². The summed E-state index contributed by atoms with van der Waals surface area (Å²) < 4.78 is 28.4. The third kappa shape index (κ3) is 3.67. The van der Waals surface area contributed by atoms with Gasteiger partial charge in [-0.05, 0) is 48.4 Å². The minimum absolute atomic E-state index is 0.0900. The summed E-state index contributed by atoms with van der Waals surface area (Å²) in [6.07, 6.45) is 5.07. The normalized spacial score (nSPS) is 12.5. The van der Waals surface area contributed by atoms with Gasteiger partial charge in [0.15, 0.2) is 0 Å². The number of fused-ring (bicyclic) bond motifs is 1. The van der Waals surface area contributed by atoms with E-state index in [2.05, 4.69) is 15.3 Å². The first-order valence-corrected chi connectivity index (χ1v) is 8.86. The number of carbonyl (C=O) groups excluding carboxylic acids is 1. The molecule has 4 rings (SSSR count). The van der Waals surface area contributed by atoms with E-state index in [9.17, 15) is 13.6 Å². The Bertz CT molecular complexity index is 1110. The number of anilines is 1. The van der Waals surface area contributed by atoms with Gasteiger partial charge in [-0.15, -0.1) is 0 Å². The highest BCUT2D eigenvalue weighted by Crippen LogP contribution is 2.31. The third-order valence-corrected chi connectivity index (χ3v) is 4.62. The molecule has 0 spiro atoms. The van der Waals surface area contributed by atoms with Crippen LogP contribution in [0.25, 0.3) is 17.0 Å². The Balaban J connectivity index is 1.51. The van der Waals surface area contributed by atoms with Crippen LogP contribution in [0, 0.1) is 12.7 Å². The summed E-state index contributed by atoms with van der Waals surface area (Å²) in [5, 5.41) is 2.73. The minimum Gasteiger partial charge on any atom is -0.326 e. The Morgan fingerprint density at radius 2 is 1.96 bits per heavy atom. The van der Waals surface area contributed by atoms with Crippen LogP contribution in [-0.4, -0.2) is 15.9 Å². The lowest BCUT2D eigenvalue weighted by atomic mass is 10.0. The molecule has 0 saturated heterocycles. The molecule has 3 aromatic rings. The highest BCUT2D eigenvalue weighted by Gasteiger charge is 2.17. The number of aromatic nitrogens is 2. The average molecular weight is 377 g/mol. The van der Waals surface area contributed by atoms with Crippen molar-refractivity contribution in [2.75, 3.05) is 5.32 Å². The fourth-order valence-corrected chi connectivity index (χ4v) is 3.19. The van der Waals surface area contributed by atoms with Gasteiger partial charge in [0.1, 0.15) is 11.6 Å². The van der Waals surface area contributed by atoms with Crippen LogP contribution in [0.2, 0.25) is 0 Å². The maximum Gasteiger partial charge on any atom is 0.228 e. The van der Waals surface area contributed by atoms with Crippen LogP contribution in [0.1, 0.15) is 22.5 Å². The first-order valence-electron chi connectivity index (χ1n) is 8.86. The van der Waals surface area contributed by atoms with Gasteiger partial charge in [0.05, 0.1) is 12.1 Å². The number of hydrogen-bond donors (Lipinski definition) is 1. The predicted molar refractivity (Wildman–Crippen MR) is 104 cm³/mol. The average Bonchev–Trinajstić information content (AvgIpc) is 3.04. The number of pyridine rings is 2. The van der Waals surface area contributed by atoms with Gasteiger partial charge >= 0.3 is 0 Å². The molecule has 0 aliphatic heterocycles. The van der Waals surface area contributed by atoms with Crippen LogP contribution >= 0.6 is 0 Å². The van der Waals surface area contributed by atoms with Crippen molar-refractivity contribution in [1.82, 2.24) is 9.97 Å². The molecule has 1 N–H and O–H groups in total. The van der Waals surface area contributed by atoms with Gasteiger partial charge in [-0.25, -0.2) is 8.78 Å². The number of amides is 1. The van der Waals surface area contributed by atoms with E-state index in [1.165, 1.54) is 12.1 Å². The number of rotatable bonds is 4. The van der Waals surface area contributed by atoms with E-state index in [-0.39, 0.29) is 23.7 Å². The van der Waals surface area contributed by atoms with Crippen molar-refractivity contribution < 1.29 is 13.6 Å². The second-order valence-corrected chi connectivity index (χ2v) is 6.69. The van der Waals surface area contributed by atoms with E-state index >= 15 is 0 Å². The van der Waals surface area contributed by atoms with Crippen molar-refractivity contribution >= 4 is 17.4 Å². The summed E-state index contributed by atoms with van der Waals surface area (Å²) in [6.45, 7) is 1.82. The van der Waals surface area contributed by atoms with E-state index in [1.54, 1.807) is 42.7 Å². The standard InChI is InChI=1S/C22H17F2N3O/c1-13-8-17(6-7-25-13)27-22(28)11-15-3-2-14(10-20(15)24)16-9-18-19(23)4-5-21(18)26-12-16/h2-4,6-10,12H,5,11H2,1H3,(H,25,27,28). The van der Waals surface area contributed by atoms with Crippen LogP contribution < -0.4 is 5.32 Å². The summed E-state index contributed by atoms with van der Waals surface area (Å²) in [5.74, 6) is -1.11. The van der Waals surface area contributed by atoms with Crippen molar-refractivity contribution in [3.05, 3.63) is 83.2 Å². The number of carbonyl (C=O) groups is 1. The molecule has 2 aromatic heterocycles. The number of aryl methyl sites for hydroxylation is 1. The molecule has 1 aliphatic rings. The molecule has 4 nitrogen and oxygen atoms in total. The van der Waals surface area contributed by atoms with Gasteiger partial charge in [-0.1, -0.05) is 12.1 Å². The number of halogens is 2. The predicted octanol–water partition coefficient (Wildman–Crippen LogP) is 4.64. The largest absolute Gasteiger partial charge is 0.326 e. The number of benzene rings is 1. The number of nitrogens with one attached hydrogen (secondary N) is 1.